The third-order valence-electron chi connectivity index (χ3n) is 12.0. The molecule has 0 radical (unpaired) electrons. The van der Waals surface area contributed by atoms with Crippen LogP contribution in [0.15, 0.2) is 206 Å². The van der Waals surface area contributed by atoms with Crippen molar-refractivity contribution in [3.63, 3.8) is 0 Å². The molecule has 12 rings (SSSR count). The van der Waals surface area contributed by atoms with Crippen molar-refractivity contribution < 1.29 is 0 Å². The quantitative estimate of drug-likeness (QED) is 0.168. The van der Waals surface area contributed by atoms with Gasteiger partial charge in [0.1, 0.15) is 0 Å². The number of para-hydroxylation sites is 1. The minimum Gasteiger partial charge on any atom is -0.248 e. The van der Waals surface area contributed by atoms with Crippen LogP contribution in [0.2, 0.25) is 0 Å². The molecule has 0 aliphatic heterocycles. The van der Waals surface area contributed by atoms with Crippen molar-refractivity contribution in [1.29, 1.82) is 0 Å². The number of aromatic nitrogens is 2. The number of nitrogens with zero attached hydrogens (tertiary/aromatic N) is 2. The summed E-state index contributed by atoms with van der Waals surface area (Å²) >= 11 is 0. The van der Waals surface area contributed by atoms with Gasteiger partial charge in [-0.25, -0.2) is 9.97 Å². The van der Waals surface area contributed by atoms with Crippen molar-refractivity contribution in [3.8, 4) is 44.8 Å². The molecule has 0 unspecified atom stereocenters. The van der Waals surface area contributed by atoms with Gasteiger partial charge in [-0.15, -0.1) is 0 Å². The van der Waals surface area contributed by atoms with E-state index in [1.807, 2.05) is 6.07 Å². The number of pyridine rings is 2. The lowest BCUT2D eigenvalue weighted by Crippen LogP contribution is -1.95. The summed E-state index contributed by atoms with van der Waals surface area (Å²) in [6, 6.07) is 74.7. The molecule has 2 heteroatoms. The van der Waals surface area contributed by atoms with Gasteiger partial charge in [-0.1, -0.05) is 170 Å². The predicted molar refractivity (Wildman–Crippen MR) is 246 cm³/mol. The number of rotatable bonds is 4. The second kappa shape index (κ2) is 12.9. The number of fused-ring (bicyclic) bond motifs is 10. The Balaban J connectivity index is 1.16. The Hall–Kier alpha value is -7.68. The molecule has 0 saturated carbocycles. The summed E-state index contributed by atoms with van der Waals surface area (Å²) < 4.78 is 0. The van der Waals surface area contributed by atoms with Gasteiger partial charge in [0.25, 0.3) is 0 Å². The Labute approximate surface area is 335 Å². The van der Waals surface area contributed by atoms with Gasteiger partial charge in [0.2, 0.25) is 0 Å². The number of benzene rings is 10. The lowest BCUT2D eigenvalue weighted by atomic mass is 9.86. The Morgan fingerprint density at radius 1 is 0.241 bits per heavy atom. The van der Waals surface area contributed by atoms with Gasteiger partial charge in [0.05, 0.1) is 22.4 Å². The molecule has 0 aliphatic rings. The largest absolute Gasteiger partial charge is 0.248 e. The van der Waals surface area contributed by atoms with Gasteiger partial charge in [0, 0.05) is 27.3 Å². The van der Waals surface area contributed by atoms with Crippen LogP contribution < -0.4 is 0 Å². The molecule has 0 amide bonds. The average molecular weight is 735 g/mol. The van der Waals surface area contributed by atoms with E-state index in [-0.39, 0.29) is 0 Å². The molecule has 12 aromatic rings. The molecule has 10 aromatic carbocycles. The van der Waals surface area contributed by atoms with Gasteiger partial charge in [-0.05, 0) is 107 Å². The van der Waals surface area contributed by atoms with Gasteiger partial charge >= 0.3 is 0 Å². The van der Waals surface area contributed by atoms with Crippen LogP contribution in [-0.4, -0.2) is 9.97 Å². The van der Waals surface area contributed by atoms with Crippen molar-refractivity contribution in [2.24, 2.45) is 0 Å². The van der Waals surface area contributed by atoms with Gasteiger partial charge < -0.3 is 0 Å². The third-order valence-corrected chi connectivity index (χ3v) is 12.0. The topological polar surface area (TPSA) is 25.8 Å². The highest BCUT2D eigenvalue weighted by Crippen LogP contribution is 2.45. The zero-order valence-electron chi connectivity index (χ0n) is 31.5. The summed E-state index contributed by atoms with van der Waals surface area (Å²) in [6.45, 7) is 0. The molecule has 0 N–H and O–H groups in total. The second-order valence-electron chi connectivity index (χ2n) is 15.3. The normalized spacial score (nSPS) is 11.8. The summed E-state index contributed by atoms with van der Waals surface area (Å²) in [4.78, 5) is 10.6. The summed E-state index contributed by atoms with van der Waals surface area (Å²) in [5, 5.41) is 14.5. The van der Waals surface area contributed by atoms with Crippen molar-refractivity contribution in [2.75, 3.05) is 0 Å². The summed E-state index contributed by atoms with van der Waals surface area (Å²) in [5.41, 5.74) is 10.8. The Morgan fingerprint density at radius 2 is 0.672 bits per heavy atom. The SMILES string of the molecule is c1ccc2nc(-c3ccc(-c4cc(-c5cc6ccccc6c6ccccc56)c5cc(-c6cc7ccccc7c7ccccc67)c6ccccc6c5n4)cc3)ccc2c1. The first-order valence-electron chi connectivity index (χ1n) is 19.9. The van der Waals surface area contributed by atoms with Crippen molar-refractivity contribution in [2.45, 2.75) is 0 Å². The minimum atomic E-state index is 0.937. The van der Waals surface area contributed by atoms with Crippen LogP contribution in [-0.2, 0) is 0 Å². The Morgan fingerprint density at radius 3 is 1.28 bits per heavy atom. The Bertz CT molecular complexity index is 3620. The second-order valence-corrected chi connectivity index (χ2v) is 15.3. The van der Waals surface area contributed by atoms with E-state index in [1.165, 1.54) is 70.7 Å². The molecule has 2 aromatic heterocycles. The molecule has 0 spiro atoms. The van der Waals surface area contributed by atoms with Crippen molar-refractivity contribution >= 4 is 75.7 Å². The molecule has 0 fully saturated rings. The van der Waals surface area contributed by atoms with Crippen LogP contribution in [0.1, 0.15) is 0 Å². The summed E-state index contributed by atoms with van der Waals surface area (Å²) in [6.07, 6.45) is 0. The lowest BCUT2D eigenvalue weighted by Gasteiger charge is -2.19. The highest BCUT2D eigenvalue weighted by atomic mass is 14.7. The van der Waals surface area contributed by atoms with E-state index < -0.39 is 0 Å². The maximum Gasteiger partial charge on any atom is 0.0794 e. The molecule has 58 heavy (non-hydrogen) atoms. The number of hydrogen-bond acceptors (Lipinski definition) is 2. The fraction of sp³-hybridized carbons (Fsp3) is 0. The molecular formula is C56H34N2. The van der Waals surface area contributed by atoms with Crippen LogP contribution in [0.5, 0.6) is 0 Å². The van der Waals surface area contributed by atoms with Crippen LogP contribution >= 0.6 is 0 Å². The van der Waals surface area contributed by atoms with Crippen molar-refractivity contribution in [1.82, 2.24) is 9.97 Å². The maximum atomic E-state index is 5.58. The van der Waals surface area contributed by atoms with Crippen LogP contribution in [0.25, 0.3) is 120 Å². The van der Waals surface area contributed by atoms with Gasteiger partial charge in [0.15, 0.2) is 0 Å². The zero-order chi connectivity index (χ0) is 38.2. The molecule has 0 atom stereocenters. The predicted octanol–water partition coefficient (Wildman–Crippen LogP) is 15.2. The monoisotopic (exact) mass is 734 g/mol. The fourth-order valence-corrected chi connectivity index (χ4v) is 9.24. The van der Waals surface area contributed by atoms with Gasteiger partial charge in [-0.3, -0.25) is 0 Å². The van der Waals surface area contributed by atoms with Crippen molar-refractivity contribution in [3.05, 3.63) is 206 Å². The Kier molecular flexibility index (Phi) is 7.26. The fourth-order valence-electron chi connectivity index (χ4n) is 9.24. The molecule has 0 bridgehead atoms. The molecule has 2 nitrogen and oxygen atoms in total. The van der Waals surface area contributed by atoms with Gasteiger partial charge in [-0.2, -0.15) is 0 Å². The first-order chi connectivity index (χ1) is 28.7. The first-order valence-corrected chi connectivity index (χ1v) is 19.9. The zero-order valence-corrected chi connectivity index (χ0v) is 31.5. The molecular weight excluding hydrogens is 701 g/mol. The molecule has 0 saturated heterocycles. The van der Waals surface area contributed by atoms with E-state index in [0.29, 0.717) is 0 Å². The smallest absolute Gasteiger partial charge is 0.0794 e. The van der Waals surface area contributed by atoms with Crippen LogP contribution in [0.4, 0.5) is 0 Å². The van der Waals surface area contributed by atoms with Crippen LogP contribution in [0.3, 0.4) is 0 Å². The highest BCUT2D eigenvalue weighted by Gasteiger charge is 2.20. The average Bonchev–Trinajstić information content (AvgIpc) is 3.30. The molecule has 268 valence electrons. The van der Waals surface area contributed by atoms with Crippen LogP contribution in [0, 0.1) is 0 Å². The molecule has 2 heterocycles. The standard InChI is InChI=1S/C56H34N2/c1-4-16-40-38(14-1)31-48(44-20-8-6-18-42(40)44)50-33-52-51(49-32-39-15-2-5-17-41(39)43-19-7-9-21-45(43)49)34-55(58-56(52)47-23-11-10-22-46(47)50)37-27-25-36(26-28-37)54-30-29-35-13-3-12-24-53(35)57-54/h1-34H. The number of hydrogen-bond donors (Lipinski definition) is 0. The maximum absolute atomic E-state index is 5.58. The van der Waals surface area contributed by atoms with E-state index >= 15 is 0 Å². The minimum absolute atomic E-state index is 0.937. The van der Waals surface area contributed by atoms with E-state index in [9.17, 15) is 0 Å². The highest BCUT2D eigenvalue weighted by molar-refractivity contribution is 6.23. The van der Waals surface area contributed by atoms with E-state index in [0.717, 1.165) is 49.7 Å². The van der Waals surface area contributed by atoms with E-state index in [1.54, 1.807) is 0 Å². The summed E-state index contributed by atoms with van der Waals surface area (Å²) in [7, 11) is 0. The lowest BCUT2D eigenvalue weighted by molar-refractivity contribution is 1.38. The van der Waals surface area contributed by atoms with E-state index in [4.69, 9.17) is 9.97 Å². The third kappa shape index (κ3) is 5.12. The summed E-state index contributed by atoms with van der Waals surface area (Å²) in [5.74, 6) is 0. The first kappa shape index (κ1) is 32.6. The van der Waals surface area contributed by atoms with E-state index in [2.05, 4.69) is 200 Å². The molecule has 0 aliphatic carbocycles.